The molecule has 0 spiro atoms. The fourth-order valence-corrected chi connectivity index (χ4v) is 1.92. The molecule has 0 saturated carbocycles. The smallest absolute Gasteiger partial charge is 0.276 e. The Hall–Kier alpha value is -2.95. The summed E-state index contributed by atoms with van der Waals surface area (Å²) in [5, 5.41) is 10.9. The molecule has 3 rings (SSSR count). The highest BCUT2D eigenvalue weighted by molar-refractivity contribution is 5.77. The number of fused-ring (bicyclic) bond motifs is 1. The number of para-hydroxylation sites is 3. The summed E-state index contributed by atoms with van der Waals surface area (Å²) in [5.74, 6) is 0.421. The molecule has 0 amide bonds. The van der Waals surface area contributed by atoms with Gasteiger partial charge in [-0.1, -0.05) is 24.3 Å². The highest BCUT2D eigenvalue weighted by Gasteiger charge is 2.09. The van der Waals surface area contributed by atoms with Crippen molar-refractivity contribution < 1.29 is 9.34 Å². The Balaban J connectivity index is 1.96. The second-order valence-electron chi connectivity index (χ2n) is 4.17. The number of hydrogen-bond donors (Lipinski definition) is 0. The molecule has 0 radical (unpaired) electrons. The maximum atomic E-state index is 10.9. The summed E-state index contributed by atoms with van der Waals surface area (Å²) in [5.41, 5.74) is 2.02. The van der Waals surface area contributed by atoms with E-state index in [1.54, 1.807) is 30.4 Å². The van der Waals surface area contributed by atoms with Crippen molar-refractivity contribution in [1.82, 2.24) is 4.98 Å². The Morgan fingerprint density at radius 3 is 2.60 bits per heavy atom. The Bertz CT molecular complexity index is 772. The highest BCUT2D eigenvalue weighted by Crippen LogP contribution is 2.21. The first kappa shape index (κ1) is 12.1. The summed E-state index contributed by atoms with van der Waals surface area (Å²) in [6, 6.07) is 13.9. The van der Waals surface area contributed by atoms with Crippen LogP contribution in [0.4, 0.5) is 5.69 Å². The van der Waals surface area contributed by atoms with Crippen LogP contribution >= 0.6 is 0 Å². The van der Waals surface area contributed by atoms with Gasteiger partial charge in [0.15, 0.2) is 5.58 Å². The lowest BCUT2D eigenvalue weighted by Gasteiger charge is -1.95. The van der Waals surface area contributed by atoms with Gasteiger partial charge in [-0.15, -0.1) is 0 Å². The van der Waals surface area contributed by atoms with Crippen molar-refractivity contribution in [2.75, 3.05) is 0 Å². The van der Waals surface area contributed by atoms with Gasteiger partial charge in [-0.05, 0) is 24.3 Å². The van der Waals surface area contributed by atoms with Gasteiger partial charge in [0, 0.05) is 12.1 Å². The summed E-state index contributed by atoms with van der Waals surface area (Å²) < 4.78 is 5.52. The summed E-state index contributed by atoms with van der Waals surface area (Å²) in [4.78, 5) is 14.8. The molecule has 0 unspecified atom stereocenters. The third-order valence-corrected chi connectivity index (χ3v) is 2.85. The quantitative estimate of drug-likeness (QED) is 0.532. The first-order valence-corrected chi connectivity index (χ1v) is 6.01. The standard InChI is InChI=1S/C15H10N2O3/c18-17(19)13-7-3-1-5-11(13)9-10-15-16-12-6-2-4-8-14(12)20-15/h1-10H/b10-9+. The first-order chi connectivity index (χ1) is 9.74. The van der Waals surface area contributed by atoms with Gasteiger partial charge in [0.1, 0.15) is 5.52 Å². The topological polar surface area (TPSA) is 69.2 Å². The molecule has 0 atom stereocenters. The van der Waals surface area contributed by atoms with Crippen molar-refractivity contribution in [3.63, 3.8) is 0 Å². The van der Waals surface area contributed by atoms with E-state index in [-0.39, 0.29) is 5.69 Å². The molecule has 1 aromatic heterocycles. The van der Waals surface area contributed by atoms with Gasteiger partial charge >= 0.3 is 0 Å². The van der Waals surface area contributed by atoms with E-state index in [0.29, 0.717) is 17.0 Å². The molecule has 5 nitrogen and oxygen atoms in total. The van der Waals surface area contributed by atoms with E-state index in [4.69, 9.17) is 4.42 Å². The first-order valence-electron chi connectivity index (χ1n) is 6.01. The van der Waals surface area contributed by atoms with Crippen LogP contribution in [0.2, 0.25) is 0 Å². The van der Waals surface area contributed by atoms with Crippen molar-refractivity contribution in [1.29, 1.82) is 0 Å². The normalized spacial score (nSPS) is 11.2. The van der Waals surface area contributed by atoms with Crippen LogP contribution in [0.3, 0.4) is 0 Å². The van der Waals surface area contributed by atoms with Gasteiger partial charge in [0.25, 0.3) is 5.69 Å². The van der Waals surface area contributed by atoms with E-state index < -0.39 is 4.92 Å². The van der Waals surface area contributed by atoms with Gasteiger partial charge in [0.05, 0.1) is 10.5 Å². The predicted molar refractivity (Wildman–Crippen MR) is 76.0 cm³/mol. The molecule has 98 valence electrons. The number of nitrogens with zero attached hydrogens (tertiary/aromatic N) is 2. The molecule has 0 bridgehead atoms. The van der Waals surface area contributed by atoms with Crippen LogP contribution in [-0.4, -0.2) is 9.91 Å². The van der Waals surface area contributed by atoms with Crippen LogP contribution in [0.25, 0.3) is 23.3 Å². The third kappa shape index (κ3) is 2.29. The summed E-state index contributed by atoms with van der Waals surface area (Å²) in [7, 11) is 0. The molecule has 0 N–H and O–H groups in total. The zero-order valence-electron chi connectivity index (χ0n) is 10.4. The average molecular weight is 266 g/mol. The van der Waals surface area contributed by atoms with Gasteiger partial charge < -0.3 is 4.42 Å². The van der Waals surface area contributed by atoms with Crippen molar-refractivity contribution in [2.24, 2.45) is 0 Å². The van der Waals surface area contributed by atoms with Crippen molar-refractivity contribution in [3.8, 4) is 0 Å². The maximum Gasteiger partial charge on any atom is 0.276 e. The van der Waals surface area contributed by atoms with Crippen molar-refractivity contribution in [2.45, 2.75) is 0 Å². The van der Waals surface area contributed by atoms with E-state index >= 15 is 0 Å². The van der Waals surface area contributed by atoms with E-state index in [1.165, 1.54) is 6.07 Å². The Morgan fingerprint density at radius 1 is 1.05 bits per heavy atom. The summed E-state index contributed by atoms with van der Waals surface area (Å²) in [6.45, 7) is 0. The van der Waals surface area contributed by atoms with Crippen LogP contribution in [0.15, 0.2) is 52.9 Å². The SMILES string of the molecule is O=[N+]([O-])c1ccccc1/C=C/c1nc2ccccc2o1. The second kappa shape index (κ2) is 4.97. The molecule has 0 aliphatic heterocycles. The van der Waals surface area contributed by atoms with Crippen LogP contribution in [0.5, 0.6) is 0 Å². The van der Waals surface area contributed by atoms with Crippen LogP contribution in [0.1, 0.15) is 11.5 Å². The molecular weight excluding hydrogens is 256 g/mol. The van der Waals surface area contributed by atoms with E-state index in [1.807, 2.05) is 24.3 Å². The average Bonchev–Trinajstić information content (AvgIpc) is 2.88. The number of nitro groups is 1. The summed E-state index contributed by atoms with van der Waals surface area (Å²) >= 11 is 0. The van der Waals surface area contributed by atoms with E-state index in [2.05, 4.69) is 4.98 Å². The maximum absolute atomic E-state index is 10.9. The molecule has 5 heteroatoms. The lowest BCUT2D eigenvalue weighted by Crippen LogP contribution is -1.90. The monoisotopic (exact) mass is 266 g/mol. The number of oxazole rings is 1. The number of aromatic nitrogens is 1. The number of benzene rings is 2. The largest absolute Gasteiger partial charge is 0.437 e. The predicted octanol–water partition coefficient (Wildman–Crippen LogP) is 3.91. The zero-order chi connectivity index (χ0) is 13.9. The highest BCUT2D eigenvalue weighted by atomic mass is 16.6. The number of nitro benzene ring substituents is 1. The van der Waals surface area contributed by atoms with Crippen LogP contribution < -0.4 is 0 Å². The minimum absolute atomic E-state index is 0.0554. The van der Waals surface area contributed by atoms with Gasteiger partial charge in [-0.25, -0.2) is 4.98 Å². The fraction of sp³-hybridized carbons (Fsp3) is 0. The Morgan fingerprint density at radius 2 is 1.80 bits per heavy atom. The molecule has 1 heterocycles. The molecule has 0 aliphatic carbocycles. The molecule has 2 aromatic carbocycles. The van der Waals surface area contributed by atoms with Crippen molar-refractivity contribution in [3.05, 3.63) is 70.1 Å². The zero-order valence-corrected chi connectivity index (χ0v) is 10.4. The fourth-order valence-electron chi connectivity index (χ4n) is 1.92. The molecule has 20 heavy (non-hydrogen) atoms. The second-order valence-corrected chi connectivity index (χ2v) is 4.17. The molecular formula is C15H10N2O3. The minimum Gasteiger partial charge on any atom is -0.437 e. The minimum atomic E-state index is -0.411. The molecule has 0 aliphatic rings. The van der Waals surface area contributed by atoms with Crippen molar-refractivity contribution >= 4 is 28.9 Å². The lowest BCUT2D eigenvalue weighted by molar-refractivity contribution is -0.385. The van der Waals surface area contributed by atoms with E-state index in [0.717, 1.165) is 5.52 Å². The number of rotatable bonds is 3. The number of hydrogen-bond acceptors (Lipinski definition) is 4. The van der Waals surface area contributed by atoms with Gasteiger partial charge in [-0.3, -0.25) is 10.1 Å². The van der Waals surface area contributed by atoms with E-state index in [9.17, 15) is 10.1 Å². The molecule has 0 fully saturated rings. The molecule has 0 saturated heterocycles. The van der Waals surface area contributed by atoms with Gasteiger partial charge in [-0.2, -0.15) is 0 Å². The van der Waals surface area contributed by atoms with Gasteiger partial charge in [0.2, 0.25) is 5.89 Å². The Kier molecular flexibility index (Phi) is 3.01. The Labute approximate surface area is 114 Å². The van der Waals surface area contributed by atoms with Crippen LogP contribution in [-0.2, 0) is 0 Å². The third-order valence-electron chi connectivity index (χ3n) is 2.85. The van der Waals surface area contributed by atoms with Crippen LogP contribution in [0, 0.1) is 10.1 Å². The lowest BCUT2D eigenvalue weighted by atomic mass is 10.1. The molecule has 3 aromatic rings. The summed E-state index contributed by atoms with van der Waals surface area (Å²) in [6.07, 6.45) is 3.26.